The molecule has 0 aliphatic carbocycles. The monoisotopic (exact) mass is 368 g/mol. The zero-order chi connectivity index (χ0) is 15.4. The minimum absolute atomic E-state index is 0.126. The van der Waals surface area contributed by atoms with E-state index >= 15 is 0 Å². The SMILES string of the molecule is Cc1cc(NC(=O)CSc2nc(N)cc(=O)[nH]2)ccc1Br. The Balaban J connectivity index is 1.95. The number of nitrogen functional groups attached to an aromatic ring is 1. The Hall–Kier alpha value is -1.80. The highest BCUT2D eigenvalue weighted by Gasteiger charge is 2.07. The lowest BCUT2D eigenvalue weighted by Gasteiger charge is -2.07. The van der Waals surface area contributed by atoms with Crippen LogP contribution in [0.2, 0.25) is 0 Å². The summed E-state index contributed by atoms with van der Waals surface area (Å²) >= 11 is 4.52. The fourth-order valence-corrected chi connectivity index (χ4v) is 2.50. The predicted molar refractivity (Wildman–Crippen MR) is 87.5 cm³/mol. The zero-order valence-corrected chi connectivity index (χ0v) is 13.5. The van der Waals surface area contributed by atoms with Crippen LogP contribution in [0.1, 0.15) is 5.56 Å². The van der Waals surface area contributed by atoms with E-state index in [1.807, 2.05) is 19.1 Å². The number of carbonyl (C=O) groups is 1. The van der Waals surface area contributed by atoms with Crippen LogP contribution in [-0.2, 0) is 4.79 Å². The smallest absolute Gasteiger partial charge is 0.253 e. The molecule has 0 atom stereocenters. The maximum atomic E-state index is 11.9. The number of nitrogens with zero attached hydrogens (tertiary/aromatic N) is 1. The molecule has 2 rings (SSSR count). The van der Waals surface area contributed by atoms with Crippen LogP contribution in [0.3, 0.4) is 0 Å². The number of halogens is 1. The van der Waals surface area contributed by atoms with Gasteiger partial charge in [0.1, 0.15) is 5.82 Å². The molecule has 0 aliphatic rings. The highest BCUT2D eigenvalue weighted by atomic mass is 79.9. The molecule has 1 heterocycles. The average Bonchev–Trinajstić information content (AvgIpc) is 2.40. The maximum absolute atomic E-state index is 11.9. The molecule has 1 amide bonds. The highest BCUT2D eigenvalue weighted by molar-refractivity contribution is 9.10. The molecule has 6 nitrogen and oxygen atoms in total. The number of aryl methyl sites for hydroxylation is 1. The lowest BCUT2D eigenvalue weighted by Crippen LogP contribution is -2.15. The van der Waals surface area contributed by atoms with E-state index in [0.29, 0.717) is 5.16 Å². The number of amides is 1. The Morgan fingerprint density at radius 2 is 2.24 bits per heavy atom. The van der Waals surface area contributed by atoms with Crippen LogP contribution >= 0.6 is 27.7 Å². The summed E-state index contributed by atoms with van der Waals surface area (Å²) in [7, 11) is 0. The topological polar surface area (TPSA) is 101 Å². The molecule has 8 heteroatoms. The summed E-state index contributed by atoms with van der Waals surface area (Å²) in [6.07, 6.45) is 0. The molecule has 2 aromatic rings. The first-order valence-corrected chi connectivity index (χ1v) is 7.77. The van der Waals surface area contributed by atoms with Crippen LogP contribution < -0.4 is 16.6 Å². The normalized spacial score (nSPS) is 10.4. The molecule has 0 saturated heterocycles. The van der Waals surface area contributed by atoms with Crippen molar-refractivity contribution < 1.29 is 4.79 Å². The van der Waals surface area contributed by atoms with Crippen molar-refractivity contribution in [1.82, 2.24) is 9.97 Å². The molecule has 4 N–H and O–H groups in total. The Labute approximate surface area is 133 Å². The molecule has 0 spiro atoms. The van der Waals surface area contributed by atoms with Crippen molar-refractivity contribution in [2.24, 2.45) is 0 Å². The summed E-state index contributed by atoms with van der Waals surface area (Å²) in [5.74, 6) is 0.0681. The summed E-state index contributed by atoms with van der Waals surface area (Å²) in [6.45, 7) is 1.94. The van der Waals surface area contributed by atoms with Gasteiger partial charge in [-0.1, -0.05) is 27.7 Å². The van der Waals surface area contributed by atoms with Gasteiger partial charge in [0.15, 0.2) is 5.16 Å². The lowest BCUT2D eigenvalue weighted by molar-refractivity contribution is -0.113. The number of nitrogens with two attached hydrogens (primary N) is 1. The second-order valence-corrected chi connectivity index (χ2v) is 6.09. The number of aromatic nitrogens is 2. The van der Waals surface area contributed by atoms with Gasteiger partial charge in [-0.05, 0) is 30.7 Å². The minimum atomic E-state index is -0.339. The molecule has 0 saturated carbocycles. The van der Waals surface area contributed by atoms with Gasteiger partial charge in [-0.25, -0.2) is 4.98 Å². The molecule has 0 aliphatic heterocycles. The fourth-order valence-electron chi connectivity index (χ4n) is 1.58. The molecule has 110 valence electrons. The number of thioether (sulfide) groups is 1. The number of hydrogen-bond donors (Lipinski definition) is 3. The molecule has 0 radical (unpaired) electrons. The molecule has 1 aromatic carbocycles. The van der Waals surface area contributed by atoms with Crippen LogP contribution in [0, 0.1) is 6.92 Å². The van der Waals surface area contributed by atoms with Gasteiger partial charge in [0.2, 0.25) is 5.91 Å². The first-order chi connectivity index (χ1) is 9.94. The number of nitrogens with one attached hydrogen (secondary N) is 2. The van der Waals surface area contributed by atoms with Gasteiger partial charge < -0.3 is 16.0 Å². The molecule has 0 fully saturated rings. The highest BCUT2D eigenvalue weighted by Crippen LogP contribution is 2.20. The van der Waals surface area contributed by atoms with Crippen molar-refractivity contribution in [3.8, 4) is 0 Å². The number of aromatic amines is 1. The largest absolute Gasteiger partial charge is 0.383 e. The summed E-state index contributed by atoms with van der Waals surface area (Å²) in [5, 5.41) is 3.10. The Kier molecular flexibility index (Phi) is 5.03. The molecular weight excluding hydrogens is 356 g/mol. The van der Waals surface area contributed by atoms with Gasteiger partial charge in [0.25, 0.3) is 5.56 Å². The van der Waals surface area contributed by atoms with Crippen molar-refractivity contribution in [2.45, 2.75) is 12.1 Å². The molecule has 1 aromatic heterocycles. The van der Waals surface area contributed by atoms with Crippen LogP contribution in [0.15, 0.2) is 38.7 Å². The van der Waals surface area contributed by atoms with Crippen LogP contribution in [-0.4, -0.2) is 21.6 Å². The average molecular weight is 369 g/mol. The number of carbonyl (C=O) groups excluding carboxylic acids is 1. The second-order valence-electron chi connectivity index (χ2n) is 4.28. The molecule has 0 unspecified atom stereocenters. The third-order valence-corrected chi connectivity index (χ3v) is 4.28. The minimum Gasteiger partial charge on any atom is -0.383 e. The zero-order valence-electron chi connectivity index (χ0n) is 11.1. The third-order valence-electron chi connectivity index (χ3n) is 2.52. The van der Waals surface area contributed by atoms with Crippen LogP contribution in [0.5, 0.6) is 0 Å². The predicted octanol–water partition coefficient (Wildman–Crippen LogP) is 2.15. The van der Waals surface area contributed by atoms with Gasteiger partial charge in [-0.2, -0.15) is 0 Å². The first-order valence-electron chi connectivity index (χ1n) is 5.99. The number of H-pyrrole nitrogens is 1. The quantitative estimate of drug-likeness (QED) is 0.566. The molecule has 21 heavy (non-hydrogen) atoms. The third kappa shape index (κ3) is 4.61. The summed E-state index contributed by atoms with van der Waals surface area (Å²) in [4.78, 5) is 29.5. The summed E-state index contributed by atoms with van der Waals surface area (Å²) in [6, 6.07) is 6.73. The van der Waals surface area contributed by atoms with Crippen molar-refractivity contribution in [2.75, 3.05) is 16.8 Å². The standard InChI is InChI=1S/C13H13BrN4O2S/c1-7-4-8(2-3-9(7)14)16-12(20)6-21-13-17-10(15)5-11(19)18-13/h2-5H,6H2,1H3,(H,16,20)(H3,15,17,18,19). The van der Waals surface area contributed by atoms with Gasteiger partial charge in [-0.15, -0.1) is 0 Å². The van der Waals surface area contributed by atoms with E-state index in [9.17, 15) is 9.59 Å². The van der Waals surface area contributed by atoms with E-state index in [2.05, 4.69) is 31.2 Å². The number of hydrogen-bond acceptors (Lipinski definition) is 5. The van der Waals surface area contributed by atoms with Gasteiger partial charge in [0, 0.05) is 16.2 Å². The van der Waals surface area contributed by atoms with E-state index in [4.69, 9.17) is 5.73 Å². The van der Waals surface area contributed by atoms with E-state index in [1.165, 1.54) is 6.07 Å². The number of benzene rings is 1. The van der Waals surface area contributed by atoms with Crippen molar-refractivity contribution in [3.63, 3.8) is 0 Å². The van der Waals surface area contributed by atoms with E-state index in [-0.39, 0.29) is 23.0 Å². The maximum Gasteiger partial charge on any atom is 0.253 e. The fraction of sp³-hybridized carbons (Fsp3) is 0.154. The van der Waals surface area contributed by atoms with E-state index < -0.39 is 0 Å². The van der Waals surface area contributed by atoms with Crippen molar-refractivity contribution in [3.05, 3.63) is 44.7 Å². The van der Waals surface area contributed by atoms with Crippen molar-refractivity contribution in [1.29, 1.82) is 0 Å². The van der Waals surface area contributed by atoms with Crippen LogP contribution in [0.4, 0.5) is 11.5 Å². The summed E-state index contributed by atoms with van der Waals surface area (Å²) < 4.78 is 0.983. The van der Waals surface area contributed by atoms with Gasteiger partial charge in [0.05, 0.1) is 5.75 Å². The number of rotatable bonds is 4. The second kappa shape index (κ2) is 6.77. The van der Waals surface area contributed by atoms with E-state index in [0.717, 1.165) is 27.5 Å². The van der Waals surface area contributed by atoms with E-state index in [1.54, 1.807) is 6.07 Å². The molecule has 0 bridgehead atoms. The Morgan fingerprint density at radius 1 is 1.48 bits per heavy atom. The molecular formula is C13H13BrN4O2S. The first kappa shape index (κ1) is 15.6. The van der Waals surface area contributed by atoms with Gasteiger partial charge in [-0.3, -0.25) is 9.59 Å². The van der Waals surface area contributed by atoms with Gasteiger partial charge >= 0.3 is 0 Å². The number of anilines is 2. The summed E-state index contributed by atoms with van der Waals surface area (Å²) in [5.41, 5.74) is 6.88. The Bertz CT molecular complexity index is 732. The van der Waals surface area contributed by atoms with Crippen molar-refractivity contribution >= 4 is 45.1 Å². The Morgan fingerprint density at radius 3 is 2.90 bits per heavy atom. The lowest BCUT2D eigenvalue weighted by atomic mass is 10.2. The van der Waals surface area contributed by atoms with Crippen LogP contribution in [0.25, 0.3) is 0 Å².